The van der Waals surface area contributed by atoms with Crippen molar-refractivity contribution in [1.82, 2.24) is 9.97 Å². The lowest BCUT2D eigenvalue weighted by Crippen LogP contribution is -2.40. The van der Waals surface area contributed by atoms with E-state index in [0.717, 1.165) is 33.6 Å². The molecule has 8 aromatic carbocycles. The summed E-state index contributed by atoms with van der Waals surface area (Å²) in [5, 5.41) is 0. The largest absolute Gasteiger partial charge is 0.228 e. The molecule has 0 saturated heterocycles. The fourth-order valence-electron chi connectivity index (χ4n) is 9.92. The van der Waals surface area contributed by atoms with Gasteiger partial charge in [-0.1, -0.05) is 208 Å². The first kappa shape index (κ1) is 34.1. The van der Waals surface area contributed by atoms with Crippen LogP contribution in [0.25, 0.3) is 67.3 Å². The van der Waals surface area contributed by atoms with Crippen molar-refractivity contribution in [2.24, 2.45) is 0 Å². The van der Waals surface area contributed by atoms with Gasteiger partial charge in [0.05, 0.1) is 16.8 Å². The Morgan fingerprint density at radius 3 is 1.45 bits per heavy atom. The number of benzene rings is 8. The minimum Gasteiger partial charge on any atom is -0.228 e. The maximum absolute atomic E-state index is 5.17. The molecule has 58 heavy (non-hydrogen) atoms. The zero-order valence-corrected chi connectivity index (χ0v) is 32.5. The maximum atomic E-state index is 5.17. The molecule has 0 saturated carbocycles. The molecule has 0 atom stereocenters. The predicted octanol–water partition coefficient (Wildman–Crippen LogP) is 13.8. The molecule has 0 amide bonds. The predicted molar refractivity (Wildman–Crippen MR) is 239 cm³/mol. The third-order valence-corrected chi connectivity index (χ3v) is 12.6. The summed E-state index contributed by atoms with van der Waals surface area (Å²) < 4.78 is 0. The van der Waals surface area contributed by atoms with Crippen molar-refractivity contribution in [1.29, 1.82) is 0 Å². The SMILES string of the molecule is CC1(C)c2ccccc2C2(c3ccccc3-c3c(-c4ccc(-c5cc(-c6cccc(-c7ccccc7)c6)nc(-c6ccccc6)n5)cc4)cccc32)c2ccccc21. The molecule has 274 valence electrons. The molecule has 0 N–H and O–H groups in total. The zero-order valence-electron chi connectivity index (χ0n) is 32.5. The van der Waals surface area contributed by atoms with Crippen molar-refractivity contribution in [3.63, 3.8) is 0 Å². The van der Waals surface area contributed by atoms with E-state index in [0.29, 0.717) is 5.82 Å². The highest BCUT2D eigenvalue weighted by Gasteiger charge is 2.53. The Morgan fingerprint density at radius 1 is 0.310 bits per heavy atom. The Morgan fingerprint density at radius 2 is 0.776 bits per heavy atom. The van der Waals surface area contributed by atoms with Crippen molar-refractivity contribution >= 4 is 0 Å². The van der Waals surface area contributed by atoms with Crippen LogP contribution in [0.2, 0.25) is 0 Å². The number of fused-ring (bicyclic) bond motifs is 9. The van der Waals surface area contributed by atoms with E-state index in [1.165, 1.54) is 61.2 Å². The Kier molecular flexibility index (Phi) is 7.78. The highest BCUT2D eigenvalue weighted by atomic mass is 14.9. The molecule has 0 radical (unpaired) electrons. The van der Waals surface area contributed by atoms with Gasteiger partial charge in [-0.3, -0.25) is 0 Å². The van der Waals surface area contributed by atoms with Crippen LogP contribution in [0.3, 0.4) is 0 Å². The lowest BCUT2D eigenvalue weighted by Gasteiger charge is -2.46. The van der Waals surface area contributed by atoms with Gasteiger partial charge in [0, 0.05) is 22.1 Å². The van der Waals surface area contributed by atoms with Crippen molar-refractivity contribution in [3.8, 4) is 67.3 Å². The number of rotatable bonds is 5. The first-order valence-corrected chi connectivity index (χ1v) is 20.2. The fraction of sp³-hybridized carbons (Fsp3) is 0.0714. The summed E-state index contributed by atoms with van der Waals surface area (Å²) in [6, 6.07) is 74.8. The Hall–Kier alpha value is -7.16. The molecule has 0 fully saturated rings. The quantitative estimate of drug-likeness (QED) is 0.176. The van der Waals surface area contributed by atoms with Crippen LogP contribution < -0.4 is 0 Å². The maximum Gasteiger partial charge on any atom is 0.160 e. The van der Waals surface area contributed by atoms with Gasteiger partial charge in [-0.25, -0.2) is 9.97 Å². The van der Waals surface area contributed by atoms with Gasteiger partial charge in [0.1, 0.15) is 0 Å². The molecule has 2 nitrogen and oxygen atoms in total. The highest BCUT2D eigenvalue weighted by molar-refractivity contribution is 5.96. The number of aromatic nitrogens is 2. The van der Waals surface area contributed by atoms with Crippen LogP contribution in [-0.4, -0.2) is 9.97 Å². The minimum atomic E-state index is -0.423. The molecular weight excluding hydrogens is 701 g/mol. The Balaban J connectivity index is 1.06. The van der Waals surface area contributed by atoms with Gasteiger partial charge >= 0.3 is 0 Å². The fourth-order valence-corrected chi connectivity index (χ4v) is 9.92. The van der Waals surface area contributed by atoms with Gasteiger partial charge < -0.3 is 0 Å². The molecule has 0 bridgehead atoms. The smallest absolute Gasteiger partial charge is 0.160 e. The van der Waals surface area contributed by atoms with E-state index in [1.54, 1.807) is 0 Å². The normalized spacial score (nSPS) is 14.0. The Bertz CT molecular complexity index is 2970. The first-order valence-electron chi connectivity index (χ1n) is 20.2. The van der Waals surface area contributed by atoms with Gasteiger partial charge in [-0.15, -0.1) is 0 Å². The van der Waals surface area contributed by atoms with Gasteiger partial charge in [0.25, 0.3) is 0 Å². The van der Waals surface area contributed by atoms with E-state index in [4.69, 9.17) is 9.97 Å². The average molecular weight is 741 g/mol. The second kappa shape index (κ2) is 13.2. The lowest BCUT2D eigenvalue weighted by atomic mass is 9.55. The summed E-state index contributed by atoms with van der Waals surface area (Å²) in [7, 11) is 0. The van der Waals surface area contributed by atoms with E-state index in [-0.39, 0.29) is 5.41 Å². The van der Waals surface area contributed by atoms with E-state index in [2.05, 4.69) is 202 Å². The van der Waals surface area contributed by atoms with E-state index < -0.39 is 5.41 Å². The molecule has 2 aliphatic rings. The summed E-state index contributed by atoms with van der Waals surface area (Å²) in [6.07, 6.45) is 0. The lowest BCUT2D eigenvalue weighted by molar-refractivity contribution is 0.563. The van der Waals surface area contributed by atoms with E-state index >= 15 is 0 Å². The van der Waals surface area contributed by atoms with Gasteiger partial charge in [0.2, 0.25) is 0 Å². The van der Waals surface area contributed by atoms with Gasteiger partial charge in [-0.05, 0) is 78.9 Å². The molecule has 11 rings (SSSR count). The highest BCUT2D eigenvalue weighted by Crippen LogP contribution is 2.63. The molecule has 1 heterocycles. The summed E-state index contributed by atoms with van der Waals surface area (Å²) in [6.45, 7) is 4.75. The van der Waals surface area contributed by atoms with Crippen molar-refractivity contribution in [2.45, 2.75) is 24.7 Å². The van der Waals surface area contributed by atoms with E-state index in [1.807, 2.05) is 18.2 Å². The van der Waals surface area contributed by atoms with Crippen LogP contribution in [0.4, 0.5) is 0 Å². The molecule has 2 aliphatic carbocycles. The summed E-state index contributed by atoms with van der Waals surface area (Å²) >= 11 is 0. The van der Waals surface area contributed by atoms with Crippen LogP contribution in [0.15, 0.2) is 206 Å². The third kappa shape index (κ3) is 5.11. The minimum absolute atomic E-state index is 0.129. The topological polar surface area (TPSA) is 25.8 Å². The molecule has 0 aliphatic heterocycles. The number of nitrogens with zero attached hydrogens (tertiary/aromatic N) is 2. The average Bonchev–Trinajstić information content (AvgIpc) is 3.60. The van der Waals surface area contributed by atoms with Crippen LogP contribution >= 0.6 is 0 Å². The first-order chi connectivity index (χ1) is 28.5. The van der Waals surface area contributed by atoms with Crippen LogP contribution in [0.1, 0.15) is 47.2 Å². The summed E-state index contributed by atoms with van der Waals surface area (Å²) in [5.41, 5.74) is 19.9. The molecule has 9 aromatic rings. The third-order valence-electron chi connectivity index (χ3n) is 12.6. The van der Waals surface area contributed by atoms with E-state index in [9.17, 15) is 0 Å². The zero-order chi connectivity index (χ0) is 38.8. The molecule has 1 aromatic heterocycles. The van der Waals surface area contributed by atoms with Crippen LogP contribution in [0.5, 0.6) is 0 Å². The molecule has 0 unspecified atom stereocenters. The van der Waals surface area contributed by atoms with Crippen LogP contribution in [-0.2, 0) is 10.8 Å². The molecular formula is C56H40N2. The molecule has 2 heteroatoms. The summed E-state index contributed by atoms with van der Waals surface area (Å²) in [5.74, 6) is 0.710. The number of hydrogen-bond donors (Lipinski definition) is 0. The molecule has 1 spiro atoms. The second-order valence-electron chi connectivity index (χ2n) is 16.1. The second-order valence-corrected chi connectivity index (χ2v) is 16.1. The van der Waals surface area contributed by atoms with Crippen molar-refractivity contribution in [2.75, 3.05) is 0 Å². The summed E-state index contributed by atoms with van der Waals surface area (Å²) in [4.78, 5) is 10.3. The Labute approximate surface area is 340 Å². The van der Waals surface area contributed by atoms with Gasteiger partial charge in [-0.2, -0.15) is 0 Å². The van der Waals surface area contributed by atoms with Gasteiger partial charge in [0.15, 0.2) is 5.82 Å². The van der Waals surface area contributed by atoms with Crippen LogP contribution in [0, 0.1) is 0 Å². The number of hydrogen-bond acceptors (Lipinski definition) is 2. The standard InChI is InChI=1S/C56H40N2/c1-55(2)46-26-11-13-28-48(46)56(49-29-14-12-27-47(49)55)45-25-10-9-23-44(45)53-43(24-16-30-50(53)56)38-31-33-39(34-32-38)51-36-52(58-54(57-51)40-19-7-4-8-20-40)42-22-15-21-41(35-42)37-17-5-3-6-18-37/h3-36H,1-2H3. The monoisotopic (exact) mass is 740 g/mol. The van der Waals surface area contributed by atoms with Crippen molar-refractivity contribution < 1.29 is 0 Å². The van der Waals surface area contributed by atoms with Crippen molar-refractivity contribution in [3.05, 3.63) is 240 Å².